The molecular weight excluding hydrogens is 243 g/mol. The molecule has 4 heteroatoms. The van der Waals surface area contributed by atoms with Crippen molar-refractivity contribution in [2.24, 2.45) is 5.73 Å². The van der Waals surface area contributed by atoms with Crippen molar-refractivity contribution in [1.29, 1.82) is 0 Å². The third-order valence-corrected chi connectivity index (χ3v) is 2.93. The first kappa shape index (κ1) is 13.1. The largest absolute Gasteiger partial charge is 0.381 e. The highest BCUT2D eigenvalue weighted by Crippen LogP contribution is 2.14. The minimum atomic E-state index is -0.457. The van der Waals surface area contributed by atoms with Gasteiger partial charge >= 0.3 is 0 Å². The maximum absolute atomic E-state index is 13.0. The lowest BCUT2D eigenvalue weighted by Crippen LogP contribution is -2.11. The predicted molar refractivity (Wildman–Crippen MR) is 73.4 cm³/mol. The van der Waals surface area contributed by atoms with E-state index < -0.39 is 5.91 Å². The van der Waals surface area contributed by atoms with Gasteiger partial charge in [0, 0.05) is 17.8 Å². The zero-order valence-electron chi connectivity index (χ0n) is 10.6. The maximum Gasteiger partial charge on any atom is 0.248 e. The number of primary amides is 1. The molecular formula is C15H15FN2O. The van der Waals surface area contributed by atoms with Crippen LogP contribution in [0.25, 0.3) is 0 Å². The van der Waals surface area contributed by atoms with Crippen LogP contribution in [0.15, 0.2) is 42.5 Å². The zero-order valence-corrected chi connectivity index (χ0v) is 10.6. The molecule has 1 amide bonds. The molecule has 0 saturated heterocycles. The number of amides is 1. The molecule has 0 aromatic heterocycles. The standard InChI is InChI=1S/C15H15FN2O/c1-10-7-13(16)6-5-12(10)9-18-14-4-2-3-11(8-14)15(17)19/h2-8,18H,9H2,1H3,(H2,17,19). The van der Waals surface area contributed by atoms with Gasteiger partial charge in [-0.15, -0.1) is 0 Å². The molecule has 98 valence electrons. The Bertz CT molecular complexity index is 611. The fourth-order valence-electron chi connectivity index (χ4n) is 1.84. The lowest BCUT2D eigenvalue weighted by atomic mass is 10.1. The molecule has 2 rings (SSSR count). The summed E-state index contributed by atoms with van der Waals surface area (Å²) < 4.78 is 13.0. The second kappa shape index (κ2) is 5.52. The highest BCUT2D eigenvalue weighted by Gasteiger charge is 2.03. The summed E-state index contributed by atoms with van der Waals surface area (Å²) in [5, 5.41) is 3.19. The van der Waals surface area contributed by atoms with Crippen molar-refractivity contribution in [2.45, 2.75) is 13.5 Å². The summed E-state index contributed by atoms with van der Waals surface area (Å²) in [6.07, 6.45) is 0. The molecule has 0 unspecified atom stereocenters. The van der Waals surface area contributed by atoms with Gasteiger partial charge in [-0.2, -0.15) is 0 Å². The number of nitrogens with two attached hydrogens (primary N) is 1. The van der Waals surface area contributed by atoms with Gasteiger partial charge in [0.2, 0.25) is 5.91 Å². The van der Waals surface area contributed by atoms with Crippen LogP contribution in [0.2, 0.25) is 0 Å². The van der Waals surface area contributed by atoms with Crippen molar-refractivity contribution in [3.05, 3.63) is 65.0 Å². The Morgan fingerprint density at radius 2 is 2.05 bits per heavy atom. The predicted octanol–water partition coefficient (Wildman–Crippen LogP) is 2.85. The topological polar surface area (TPSA) is 55.1 Å². The Morgan fingerprint density at radius 1 is 1.26 bits per heavy atom. The minimum Gasteiger partial charge on any atom is -0.381 e. The highest BCUT2D eigenvalue weighted by atomic mass is 19.1. The average molecular weight is 258 g/mol. The van der Waals surface area contributed by atoms with Crippen molar-refractivity contribution in [3.8, 4) is 0 Å². The summed E-state index contributed by atoms with van der Waals surface area (Å²) in [6, 6.07) is 11.7. The molecule has 2 aromatic rings. The van der Waals surface area contributed by atoms with E-state index in [0.29, 0.717) is 12.1 Å². The monoisotopic (exact) mass is 258 g/mol. The number of rotatable bonds is 4. The van der Waals surface area contributed by atoms with Crippen LogP contribution in [0.4, 0.5) is 10.1 Å². The molecule has 0 bridgehead atoms. The van der Waals surface area contributed by atoms with Gasteiger partial charge in [-0.25, -0.2) is 4.39 Å². The molecule has 0 heterocycles. The minimum absolute atomic E-state index is 0.239. The second-order valence-electron chi connectivity index (χ2n) is 4.37. The smallest absolute Gasteiger partial charge is 0.248 e. The maximum atomic E-state index is 13.0. The number of carbonyl (C=O) groups is 1. The van der Waals surface area contributed by atoms with Crippen molar-refractivity contribution in [2.75, 3.05) is 5.32 Å². The fraction of sp³-hybridized carbons (Fsp3) is 0.133. The third-order valence-electron chi connectivity index (χ3n) is 2.93. The van der Waals surface area contributed by atoms with Crippen molar-refractivity contribution < 1.29 is 9.18 Å². The van der Waals surface area contributed by atoms with Gasteiger partial charge in [-0.05, 0) is 48.4 Å². The Hall–Kier alpha value is -2.36. The first-order valence-corrected chi connectivity index (χ1v) is 5.95. The zero-order chi connectivity index (χ0) is 13.8. The van der Waals surface area contributed by atoms with Crippen LogP contribution in [0.1, 0.15) is 21.5 Å². The molecule has 0 fully saturated rings. The molecule has 0 atom stereocenters. The highest BCUT2D eigenvalue weighted by molar-refractivity contribution is 5.93. The third kappa shape index (κ3) is 3.31. The van der Waals surface area contributed by atoms with Crippen LogP contribution in [-0.2, 0) is 6.54 Å². The van der Waals surface area contributed by atoms with E-state index in [9.17, 15) is 9.18 Å². The molecule has 0 aliphatic heterocycles. The first-order valence-electron chi connectivity index (χ1n) is 5.95. The number of carbonyl (C=O) groups excluding carboxylic acids is 1. The Kier molecular flexibility index (Phi) is 3.80. The van der Waals surface area contributed by atoms with Crippen molar-refractivity contribution in [3.63, 3.8) is 0 Å². The number of nitrogens with one attached hydrogen (secondary N) is 1. The SMILES string of the molecule is Cc1cc(F)ccc1CNc1cccc(C(N)=O)c1. The fourth-order valence-corrected chi connectivity index (χ4v) is 1.84. The second-order valence-corrected chi connectivity index (χ2v) is 4.37. The molecule has 0 aliphatic rings. The van der Waals surface area contributed by atoms with Crippen LogP contribution < -0.4 is 11.1 Å². The molecule has 3 nitrogen and oxygen atoms in total. The van der Waals surface area contributed by atoms with Gasteiger partial charge in [0.25, 0.3) is 0 Å². The van der Waals surface area contributed by atoms with E-state index in [1.165, 1.54) is 12.1 Å². The summed E-state index contributed by atoms with van der Waals surface area (Å²) in [5.41, 5.74) is 8.38. The quantitative estimate of drug-likeness (QED) is 0.886. The van der Waals surface area contributed by atoms with E-state index in [0.717, 1.165) is 16.8 Å². The van der Waals surface area contributed by atoms with Gasteiger partial charge in [-0.1, -0.05) is 12.1 Å². The van der Waals surface area contributed by atoms with E-state index >= 15 is 0 Å². The van der Waals surface area contributed by atoms with Gasteiger partial charge in [0.05, 0.1) is 0 Å². The van der Waals surface area contributed by atoms with Crippen molar-refractivity contribution >= 4 is 11.6 Å². The summed E-state index contributed by atoms with van der Waals surface area (Å²) >= 11 is 0. The number of hydrogen-bond acceptors (Lipinski definition) is 2. The van der Waals surface area contributed by atoms with Gasteiger partial charge in [0.15, 0.2) is 0 Å². The van der Waals surface area contributed by atoms with Gasteiger partial charge in [-0.3, -0.25) is 4.79 Å². The van der Waals surface area contributed by atoms with E-state index in [2.05, 4.69) is 5.32 Å². The molecule has 0 radical (unpaired) electrons. The van der Waals surface area contributed by atoms with E-state index in [-0.39, 0.29) is 5.82 Å². The molecule has 0 spiro atoms. The van der Waals surface area contributed by atoms with Gasteiger partial charge in [0.1, 0.15) is 5.82 Å². The van der Waals surface area contributed by atoms with Crippen LogP contribution >= 0.6 is 0 Å². The molecule has 2 aromatic carbocycles. The molecule has 19 heavy (non-hydrogen) atoms. The summed E-state index contributed by atoms with van der Waals surface area (Å²) in [7, 11) is 0. The number of hydrogen-bond donors (Lipinski definition) is 2. The van der Waals surface area contributed by atoms with Crippen LogP contribution in [-0.4, -0.2) is 5.91 Å². The Labute approximate surface area is 111 Å². The summed E-state index contributed by atoms with van der Waals surface area (Å²) in [5.74, 6) is -0.696. The number of aryl methyl sites for hydroxylation is 1. The number of halogens is 1. The van der Waals surface area contributed by atoms with Crippen molar-refractivity contribution in [1.82, 2.24) is 0 Å². The molecule has 3 N–H and O–H groups in total. The first-order chi connectivity index (χ1) is 9.06. The number of benzene rings is 2. The lowest BCUT2D eigenvalue weighted by Gasteiger charge is -2.09. The van der Waals surface area contributed by atoms with Crippen LogP contribution in [0.5, 0.6) is 0 Å². The lowest BCUT2D eigenvalue weighted by molar-refractivity contribution is 0.100. The average Bonchev–Trinajstić information content (AvgIpc) is 2.38. The van der Waals surface area contributed by atoms with E-state index in [1.807, 2.05) is 13.0 Å². The van der Waals surface area contributed by atoms with Gasteiger partial charge < -0.3 is 11.1 Å². The number of anilines is 1. The Morgan fingerprint density at radius 3 is 2.74 bits per heavy atom. The van der Waals surface area contributed by atoms with E-state index in [4.69, 9.17) is 5.73 Å². The normalized spacial score (nSPS) is 10.2. The van der Waals surface area contributed by atoms with Crippen LogP contribution in [0, 0.1) is 12.7 Å². The summed E-state index contributed by atoms with van der Waals surface area (Å²) in [6.45, 7) is 2.42. The molecule has 0 saturated carbocycles. The van der Waals surface area contributed by atoms with E-state index in [1.54, 1.807) is 24.3 Å². The van der Waals surface area contributed by atoms with Crippen LogP contribution in [0.3, 0.4) is 0 Å². The Balaban J connectivity index is 2.10. The molecule has 0 aliphatic carbocycles. The summed E-state index contributed by atoms with van der Waals surface area (Å²) in [4.78, 5) is 11.1.